The lowest BCUT2D eigenvalue weighted by Crippen LogP contribution is -2.51. The SMILES string of the molecule is O=C(NCCCn1ccnc1)c1cnc(NC(=O)C(Cc2ccc(F)cc2)N2CCCC(O)C2)s1. The summed E-state index contributed by atoms with van der Waals surface area (Å²) in [7, 11) is 0. The predicted molar refractivity (Wildman–Crippen MR) is 131 cm³/mol. The lowest BCUT2D eigenvalue weighted by Gasteiger charge is -2.35. The van der Waals surface area contributed by atoms with Gasteiger partial charge in [0.25, 0.3) is 5.91 Å². The molecular weight excluding hydrogens is 471 g/mol. The number of aliphatic hydroxyl groups excluding tert-OH is 1. The fraction of sp³-hybridized carbons (Fsp3) is 0.417. The number of amides is 2. The molecule has 11 heteroatoms. The third-order valence-corrected chi connectivity index (χ3v) is 6.82. The number of nitrogens with zero attached hydrogens (tertiary/aromatic N) is 4. The number of aliphatic hydroxyl groups is 1. The molecule has 4 rings (SSSR count). The molecule has 1 aliphatic heterocycles. The summed E-state index contributed by atoms with van der Waals surface area (Å²) >= 11 is 1.11. The smallest absolute Gasteiger partial charge is 0.263 e. The second-order valence-electron chi connectivity index (χ2n) is 8.57. The van der Waals surface area contributed by atoms with E-state index in [9.17, 15) is 19.1 Å². The summed E-state index contributed by atoms with van der Waals surface area (Å²) in [6.45, 7) is 2.34. The Labute approximate surface area is 207 Å². The highest BCUT2D eigenvalue weighted by atomic mass is 32.1. The zero-order valence-electron chi connectivity index (χ0n) is 19.3. The molecule has 2 atom stereocenters. The molecule has 0 saturated carbocycles. The van der Waals surface area contributed by atoms with Crippen molar-refractivity contribution in [1.82, 2.24) is 24.8 Å². The van der Waals surface area contributed by atoms with Gasteiger partial charge in [-0.1, -0.05) is 23.5 Å². The van der Waals surface area contributed by atoms with Crippen LogP contribution >= 0.6 is 11.3 Å². The summed E-state index contributed by atoms with van der Waals surface area (Å²) in [5.74, 6) is -0.848. The van der Waals surface area contributed by atoms with E-state index in [1.807, 2.05) is 15.7 Å². The number of halogens is 1. The first kappa shape index (κ1) is 25.0. The number of benzene rings is 1. The van der Waals surface area contributed by atoms with Crippen molar-refractivity contribution in [3.63, 3.8) is 0 Å². The molecule has 0 aliphatic carbocycles. The van der Waals surface area contributed by atoms with Crippen molar-refractivity contribution in [3.05, 3.63) is 65.4 Å². The third kappa shape index (κ3) is 7.17. The first-order chi connectivity index (χ1) is 17.0. The molecule has 0 bridgehead atoms. The van der Waals surface area contributed by atoms with Gasteiger partial charge in [-0.3, -0.25) is 14.5 Å². The van der Waals surface area contributed by atoms with Crippen molar-refractivity contribution in [2.24, 2.45) is 0 Å². The summed E-state index contributed by atoms with van der Waals surface area (Å²) in [6.07, 6.45) is 8.89. The van der Waals surface area contributed by atoms with Crippen molar-refractivity contribution in [2.45, 2.75) is 44.4 Å². The summed E-state index contributed by atoms with van der Waals surface area (Å²) in [4.78, 5) is 36.2. The van der Waals surface area contributed by atoms with Gasteiger partial charge in [-0.2, -0.15) is 0 Å². The molecule has 1 aliphatic rings. The van der Waals surface area contributed by atoms with Gasteiger partial charge in [0.05, 0.1) is 24.7 Å². The number of aromatic nitrogens is 3. The van der Waals surface area contributed by atoms with Gasteiger partial charge in [0, 0.05) is 32.0 Å². The van der Waals surface area contributed by atoms with Crippen LogP contribution in [0.2, 0.25) is 0 Å². The Hall–Kier alpha value is -3.15. The average Bonchev–Trinajstić information content (AvgIpc) is 3.54. The predicted octanol–water partition coefficient (Wildman–Crippen LogP) is 2.31. The minimum atomic E-state index is -0.556. The molecular formula is C24H29FN6O3S. The molecule has 186 valence electrons. The standard InChI is InChI=1S/C24H29FN6O3S/c25-18-6-4-17(5-7-18)13-20(31-11-1-3-19(32)15-31)22(33)29-24-28-14-21(35-24)23(34)27-8-2-10-30-12-9-26-16-30/h4-7,9,12,14,16,19-20,32H,1-3,8,10-11,13,15H2,(H,27,34)(H,28,29,33). The molecule has 2 aromatic heterocycles. The molecule has 1 fully saturated rings. The van der Waals surface area contributed by atoms with Crippen LogP contribution < -0.4 is 10.6 Å². The van der Waals surface area contributed by atoms with Crippen LogP contribution in [-0.4, -0.2) is 68.1 Å². The van der Waals surface area contributed by atoms with Gasteiger partial charge in [-0.15, -0.1) is 0 Å². The summed E-state index contributed by atoms with van der Waals surface area (Å²) < 4.78 is 15.3. The Balaban J connectivity index is 1.35. The Morgan fingerprint density at radius 3 is 2.86 bits per heavy atom. The number of hydrogen-bond acceptors (Lipinski definition) is 7. The van der Waals surface area contributed by atoms with E-state index < -0.39 is 12.1 Å². The van der Waals surface area contributed by atoms with Crippen LogP contribution in [0.3, 0.4) is 0 Å². The number of imidazole rings is 1. The maximum atomic E-state index is 13.3. The fourth-order valence-corrected chi connectivity index (χ4v) is 4.83. The second kappa shape index (κ2) is 12.0. The number of hydrogen-bond donors (Lipinski definition) is 3. The maximum absolute atomic E-state index is 13.3. The van der Waals surface area contributed by atoms with Crippen LogP contribution in [0.5, 0.6) is 0 Å². The van der Waals surface area contributed by atoms with Crippen molar-refractivity contribution in [1.29, 1.82) is 0 Å². The van der Waals surface area contributed by atoms with Gasteiger partial charge in [-0.05, 0) is 49.9 Å². The molecule has 1 saturated heterocycles. The molecule has 3 heterocycles. The van der Waals surface area contributed by atoms with Crippen LogP contribution in [-0.2, 0) is 17.8 Å². The Morgan fingerprint density at radius 1 is 1.29 bits per heavy atom. The summed E-state index contributed by atoms with van der Waals surface area (Å²) in [5, 5.41) is 16.2. The van der Waals surface area contributed by atoms with Crippen LogP contribution in [0.1, 0.15) is 34.5 Å². The van der Waals surface area contributed by atoms with Gasteiger partial charge < -0.3 is 20.3 Å². The topological polar surface area (TPSA) is 112 Å². The number of thiazole rings is 1. The highest BCUT2D eigenvalue weighted by molar-refractivity contribution is 7.17. The molecule has 2 amide bonds. The maximum Gasteiger partial charge on any atom is 0.263 e. The number of carbonyl (C=O) groups excluding carboxylic acids is 2. The molecule has 3 aromatic rings. The number of carbonyl (C=O) groups is 2. The number of β-amino-alcohol motifs (C(OH)–C–C–N with tert-alkyl or cyclic N) is 1. The lowest BCUT2D eigenvalue weighted by molar-refractivity contribution is -0.122. The number of piperidine rings is 1. The van der Waals surface area contributed by atoms with Crippen LogP contribution in [0.4, 0.5) is 9.52 Å². The van der Waals surface area contributed by atoms with Crippen molar-refractivity contribution in [3.8, 4) is 0 Å². The van der Waals surface area contributed by atoms with Gasteiger partial charge >= 0.3 is 0 Å². The van der Waals surface area contributed by atoms with E-state index in [-0.39, 0.29) is 17.6 Å². The molecule has 35 heavy (non-hydrogen) atoms. The molecule has 1 aromatic carbocycles. The molecule has 3 N–H and O–H groups in total. The van der Waals surface area contributed by atoms with Crippen molar-refractivity contribution in [2.75, 3.05) is 25.0 Å². The minimum absolute atomic E-state index is 0.240. The van der Waals surface area contributed by atoms with Crippen LogP contribution in [0.25, 0.3) is 0 Å². The number of aryl methyl sites for hydroxylation is 1. The molecule has 0 spiro atoms. The Bertz CT molecular complexity index is 1100. The zero-order valence-corrected chi connectivity index (χ0v) is 20.1. The van der Waals surface area contributed by atoms with Crippen LogP contribution in [0, 0.1) is 5.82 Å². The number of rotatable bonds is 10. The second-order valence-corrected chi connectivity index (χ2v) is 9.60. The van der Waals surface area contributed by atoms with Gasteiger partial charge in [-0.25, -0.2) is 14.4 Å². The number of nitrogens with one attached hydrogen (secondary N) is 2. The normalized spacial score (nSPS) is 17.1. The number of likely N-dealkylation sites (tertiary alicyclic amines) is 1. The van der Waals surface area contributed by atoms with Crippen molar-refractivity contribution >= 4 is 28.3 Å². The fourth-order valence-electron chi connectivity index (χ4n) is 4.09. The van der Waals surface area contributed by atoms with E-state index in [1.165, 1.54) is 18.3 Å². The van der Waals surface area contributed by atoms with Gasteiger partial charge in [0.1, 0.15) is 10.7 Å². The van der Waals surface area contributed by atoms with Gasteiger partial charge in [0.15, 0.2) is 5.13 Å². The van der Waals surface area contributed by atoms with Crippen LogP contribution in [0.15, 0.2) is 49.2 Å². The van der Waals surface area contributed by atoms with Crippen molar-refractivity contribution < 1.29 is 19.1 Å². The third-order valence-electron chi connectivity index (χ3n) is 5.91. The van der Waals surface area contributed by atoms with E-state index in [1.54, 1.807) is 24.7 Å². The lowest BCUT2D eigenvalue weighted by atomic mass is 10.00. The quantitative estimate of drug-likeness (QED) is 0.368. The summed E-state index contributed by atoms with van der Waals surface area (Å²) in [6, 6.07) is 5.51. The first-order valence-corrected chi connectivity index (χ1v) is 12.5. The summed E-state index contributed by atoms with van der Waals surface area (Å²) in [5.41, 5.74) is 0.821. The molecule has 9 nitrogen and oxygen atoms in total. The highest BCUT2D eigenvalue weighted by Crippen LogP contribution is 2.21. The van der Waals surface area contributed by atoms with E-state index in [0.717, 1.165) is 36.3 Å². The van der Waals surface area contributed by atoms with E-state index in [4.69, 9.17) is 0 Å². The largest absolute Gasteiger partial charge is 0.392 e. The molecule has 2 unspecified atom stereocenters. The zero-order chi connectivity index (χ0) is 24.6. The average molecular weight is 501 g/mol. The Kier molecular flexibility index (Phi) is 8.56. The molecule has 0 radical (unpaired) electrons. The van der Waals surface area contributed by atoms with E-state index >= 15 is 0 Å². The van der Waals surface area contributed by atoms with E-state index in [2.05, 4.69) is 20.6 Å². The minimum Gasteiger partial charge on any atom is -0.392 e. The highest BCUT2D eigenvalue weighted by Gasteiger charge is 2.30. The monoisotopic (exact) mass is 500 g/mol. The van der Waals surface area contributed by atoms with Gasteiger partial charge in [0.2, 0.25) is 5.91 Å². The Morgan fingerprint density at radius 2 is 2.11 bits per heavy atom. The van der Waals surface area contributed by atoms with E-state index in [0.29, 0.717) is 42.5 Å². The number of anilines is 1. The first-order valence-electron chi connectivity index (χ1n) is 11.6.